The van der Waals surface area contributed by atoms with Crippen molar-refractivity contribution in [1.82, 2.24) is 19.3 Å². The number of piperidine rings is 1. The minimum atomic E-state index is -0.533. The summed E-state index contributed by atoms with van der Waals surface area (Å²) in [6.07, 6.45) is 6.45. The quantitative estimate of drug-likeness (QED) is 0.325. The maximum atomic E-state index is 13.2. The SMILES string of the molecule is CC(C)(C)OC(=O)N1CCC(C(=O)c2ccc(-c3cnc4ncc(-c5ccc(C#N)cc5)n4c3)cc2)CC1. The van der Waals surface area contributed by atoms with Crippen LogP contribution in [0.5, 0.6) is 0 Å². The third kappa shape index (κ3) is 5.28. The van der Waals surface area contributed by atoms with E-state index in [0.717, 1.165) is 22.4 Å². The molecule has 2 aromatic heterocycles. The van der Waals surface area contributed by atoms with E-state index in [1.165, 1.54) is 0 Å². The predicted octanol–water partition coefficient (Wildman–Crippen LogP) is 5.76. The molecule has 0 unspecified atom stereocenters. The lowest BCUT2D eigenvalue weighted by molar-refractivity contribution is 0.0182. The largest absolute Gasteiger partial charge is 0.444 e. The molecule has 0 atom stereocenters. The van der Waals surface area contributed by atoms with Crippen molar-refractivity contribution < 1.29 is 14.3 Å². The summed E-state index contributed by atoms with van der Waals surface area (Å²) in [5.41, 5.74) is 4.39. The highest BCUT2D eigenvalue weighted by Gasteiger charge is 2.30. The summed E-state index contributed by atoms with van der Waals surface area (Å²) < 4.78 is 7.38. The number of Topliss-reactive ketones (excluding diaryl/α,β-unsaturated/α-hetero) is 1. The number of carbonyl (C=O) groups is 2. The summed E-state index contributed by atoms with van der Waals surface area (Å²) in [6.45, 7) is 6.58. The molecule has 8 nitrogen and oxygen atoms in total. The number of amides is 1. The van der Waals surface area contributed by atoms with Crippen LogP contribution in [0.2, 0.25) is 0 Å². The molecule has 0 bridgehead atoms. The molecule has 0 N–H and O–H groups in total. The first-order valence-corrected chi connectivity index (χ1v) is 12.7. The Morgan fingerprint density at radius 1 is 0.921 bits per heavy atom. The number of ether oxygens (including phenoxy) is 1. The molecule has 3 heterocycles. The zero-order valence-electron chi connectivity index (χ0n) is 21.7. The van der Waals surface area contributed by atoms with E-state index < -0.39 is 5.60 Å². The molecule has 0 aliphatic carbocycles. The van der Waals surface area contributed by atoms with Gasteiger partial charge in [-0.05, 0) is 51.3 Å². The number of ketones is 1. The highest BCUT2D eigenvalue weighted by Crippen LogP contribution is 2.27. The van der Waals surface area contributed by atoms with Crippen molar-refractivity contribution in [3.8, 4) is 28.5 Å². The second-order valence-corrected chi connectivity index (χ2v) is 10.5. The summed E-state index contributed by atoms with van der Waals surface area (Å²) in [4.78, 5) is 36.1. The minimum absolute atomic E-state index is 0.103. The number of carbonyl (C=O) groups excluding carboxylic acids is 2. The lowest BCUT2D eigenvalue weighted by Crippen LogP contribution is -2.43. The molecule has 0 saturated carbocycles. The van der Waals surface area contributed by atoms with Crippen LogP contribution in [0.15, 0.2) is 67.1 Å². The second kappa shape index (κ2) is 10.1. The summed E-state index contributed by atoms with van der Waals surface area (Å²) in [7, 11) is 0. The van der Waals surface area contributed by atoms with Crippen LogP contribution in [-0.2, 0) is 4.74 Å². The van der Waals surface area contributed by atoms with Gasteiger partial charge in [0.2, 0.25) is 5.78 Å². The Morgan fingerprint density at radius 2 is 1.55 bits per heavy atom. The smallest absolute Gasteiger partial charge is 0.410 e. The number of rotatable bonds is 4. The van der Waals surface area contributed by atoms with Gasteiger partial charge in [-0.15, -0.1) is 0 Å². The highest BCUT2D eigenvalue weighted by atomic mass is 16.6. The van der Waals surface area contributed by atoms with Crippen LogP contribution in [0.4, 0.5) is 4.79 Å². The Morgan fingerprint density at radius 3 is 2.18 bits per heavy atom. The van der Waals surface area contributed by atoms with Crippen molar-refractivity contribution in [1.29, 1.82) is 5.26 Å². The Kier molecular flexibility index (Phi) is 6.68. The number of fused-ring (bicyclic) bond motifs is 1. The first-order chi connectivity index (χ1) is 18.2. The summed E-state index contributed by atoms with van der Waals surface area (Å²) in [5, 5.41) is 9.07. The molecule has 8 heteroatoms. The average molecular weight is 508 g/mol. The zero-order chi connectivity index (χ0) is 26.9. The molecular weight excluding hydrogens is 478 g/mol. The summed E-state index contributed by atoms with van der Waals surface area (Å²) in [5.74, 6) is 0.572. The Hall–Kier alpha value is -4.51. The Bertz CT molecular complexity index is 1520. The van der Waals surface area contributed by atoms with Gasteiger partial charge in [-0.2, -0.15) is 5.26 Å². The van der Waals surface area contributed by atoms with Crippen molar-refractivity contribution >= 4 is 17.7 Å². The second-order valence-electron chi connectivity index (χ2n) is 10.5. The molecule has 192 valence electrons. The zero-order valence-corrected chi connectivity index (χ0v) is 21.7. The highest BCUT2D eigenvalue weighted by molar-refractivity contribution is 5.98. The molecule has 2 aromatic carbocycles. The van der Waals surface area contributed by atoms with E-state index in [4.69, 9.17) is 10.00 Å². The maximum absolute atomic E-state index is 13.2. The van der Waals surface area contributed by atoms with Gasteiger partial charge in [0.1, 0.15) is 5.60 Å². The lowest BCUT2D eigenvalue weighted by atomic mass is 9.88. The van der Waals surface area contributed by atoms with E-state index in [9.17, 15) is 9.59 Å². The number of nitrogens with zero attached hydrogens (tertiary/aromatic N) is 5. The Balaban J connectivity index is 1.29. The van der Waals surface area contributed by atoms with E-state index in [0.29, 0.717) is 42.8 Å². The van der Waals surface area contributed by atoms with Crippen LogP contribution in [0.25, 0.3) is 28.2 Å². The van der Waals surface area contributed by atoms with Crippen LogP contribution < -0.4 is 0 Å². The first kappa shape index (κ1) is 25.2. The number of imidazole rings is 1. The molecule has 38 heavy (non-hydrogen) atoms. The van der Waals surface area contributed by atoms with Crippen LogP contribution in [0.1, 0.15) is 49.5 Å². The van der Waals surface area contributed by atoms with E-state index >= 15 is 0 Å². The maximum Gasteiger partial charge on any atom is 0.410 e. The number of aromatic nitrogens is 3. The van der Waals surface area contributed by atoms with Gasteiger partial charge >= 0.3 is 6.09 Å². The molecular formula is C30H29N5O3. The van der Waals surface area contributed by atoms with Gasteiger partial charge in [0.05, 0.1) is 23.5 Å². The summed E-state index contributed by atoms with van der Waals surface area (Å²) in [6, 6.07) is 17.1. The first-order valence-electron chi connectivity index (χ1n) is 12.7. The van der Waals surface area contributed by atoms with Gasteiger partial charge < -0.3 is 9.64 Å². The number of hydrogen-bond donors (Lipinski definition) is 0. The Labute approximate surface area is 221 Å². The van der Waals surface area contributed by atoms with Gasteiger partial charge in [0, 0.05) is 48.1 Å². The predicted molar refractivity (Wildman–Crippen MR) is 143 cm³/mol. The van der Waals surface area contributed by atoms with Crippen molar-refractivity contribution in [2.45, 2.75) is 39.2 Å². The number of benzene rings is 2. The van der Waals surface area contributed by atoms with E-state index in [1.807, 2.05) is 67.8 Å². The fourth-order valence-corrected chi connectivity index (χ4v) is 4.67. The third-order valence-electron chi connectivity index (χ3n) is 6.69. The normalized spacial score (nSPS) is 14.3. The van der Waals surface area contributed by atoms with Gasteiger partial charge in [0.15, 0.2) is 5.78 Å². The van der Waals surface area contributed by atoms with Crippen LogP contribution in [-0.4, -0.2) is 49.8 Å². The van der Waals surface area contributed by atoms with Gasteiger partial charge in [-0.25, -0.2) is 14.8 Å². The third-order valence-corrected chi connectivity index (χ3v) is 6.69. The fourth-order valence-electron chi connectivity index (χ4n) is 4.67. The number of likely N-dealkylation sites (tertiary alicyclic amines) is 1. The number of hydrogen-bond acceptors (Lipinski definition) is 6. The molecule has 4 aromatic rings. The van der Waals surface area contributed by atoms with Gasteiger partial charge in [0.25, 0.3) is 0 Å². The van der Waals surface area contributed by atoms with Crippen molar-refractivity contribution in [3.63, 3.8) is 0 Å². The molecule has 1 aliphatic heterocycles. The van der Waals surface area contributed by atoms with E-state index in [1.54, 1.807) is 29.4 Å². The monoisotopic (exact) mass is 507 g/mol. The standard InChI is InChI=1S/C30H29N5O3/c1-30(2,3)38-29(37)34-14-12-24(13-15-34)27(36)23-10-8-21(9-11-23)25-17-32-28-33-18-26(35(28)19-25)22-6-4-20(16-31)5-7-22/h4-11,17-19,24H,12-15H2,1-3H3. The van der Waals surface area contributed by atoms with Gasteiger partial charge in [-0.3, -0.25) is 9.20 Å². The average Bonchev–Trinajstić information content (AvgIpc) is 3.35. The van der Waals surface area contributed by atoms with Gasteiger partial charge in [-0.1, -0.05) is 36.4 Å². The molecule has 0 radical (unpaired) electrons. The van der Waals surface area contributed by atoms with Crippen LogP contribution >= 0.6 is 0 Å². The lowest BCUT2D eigenvalue weighted by Gasteiger charge is -2.33. The number of nitriles is 1. The van der Waals surface area contributed by atoms with E-state index in [2.05, 4.69) is 16.0 Å². The molecule has 1 fully saturated rings. The minimum Gasteiger partial charge on any atom is -0.444 e. The van der Waals surface area contributed by atoms with Crippen LogP contribution in [0, 0.1) is 17.2 Å². The molecule has 1 amide bonds. The fraction of sp³-hybridized carbons (Fsp3) is 0.300. The summed E-state index contributed by atoms with van der Waals surface area (Å²) >= 11 is 0. The molecule has 0 spiro atoms. The topological polar surface area (TPSA) is 101 Å². The molecule has 1 aliphatic rings. The van der Waals surface area contributed by atoms with Crippen molar-refractivity contribution in [3.05, 3.63) is 78.2 Å². The van der Waals surface area contributed by atoms with Crippen molar-refractivity contribution in [2.75, 3.05) is 13.1 Å². The molecule has 5 rings (SSSR count). The molecule has 1 saturated heterocycles. The van der Waals surface area contributed by atoms with Crippen molar-refractivity contribution in [2.24, 2.45) is 5.92 Å². The van der Waals surface area contributed by atoms with Crippen LogP contribution in [0.3, 0.4) is 0 Å². The van der Waals surface area contributed by atoms with E-state index in [-0.39, 0.29) is 17.8 Å².